The van der Waals surface area contributed by atoms with Crippen molar-refractivity contribution >= 4 is 0 Å². The summed E-state index contributed by atoms with van der Waals surface area (Å²) in [6, 6.07) is 12.0. The van der Waals surface area contributed by atoms with Gasteiger partial charge in [-0.2, -0.15) is 0 Å². The number of aryl methyl sites for hydroxylation is 1. The van der Waals surface area contributed by atoms with Gasteiger partial charge in [-0.15, -0.1) is 0 Å². The highest BCUT2D eigenvalue weighted by Gasteiger charge is 1.98. The van der Waals surface area contributed by atoms with Gasteiger partial charge in [-0.05, 0) is 42.8 Å². The summed E-state index contributed by atoms with van der Waals surface area (Å²) in [5.74, 6) is 0.867. The van der Waals surface area contributed by atoms with Crippen molar-refractivity contribution in [2.75, 3.05) is 7.11 Å². The number of aromatic nitrogens is 1. The van der Waals surface area contributed by atoms with E-state index in [2.05, 4.69) is 11.1 Å². The lowest BCUT2D eigenvalue weighted by atomic mass is 10.1. The summed E-state index contributed by atoms with van der Waals surface area (Å²) in [5.41, 5.74) is 3.27. The summed E-state index contributed by atoms with van der Waals surface area (Å²) in [5, 5.41) is 0. The van der Waals surface area contributed by atoms with Crippen molar-refractivity contribution in [3.05, 3.63) is 48.2 Å². The largest absolute Gasteiger partial charge is 0.497 e. The van der Waals surface area contributed by atoms with E-state index in [4.69, 9.17) is 4.74 Å². The van der Waals surface area contributed by atoms with Gasteiger partial charge in [-0.25, -0.2) is 0 Å². The first kappa shape index (κ1) is 13.2. The summed E-state index contributed by atoms with van der Waals surface area (Å²) in [6.07, 6.45) is 1.87. The van der Waals surface area contributed by atoms with Crippen LogP contribution in [0.2, 0.25) is 0 Å². The van der Waals surface area contributed by atoms with Gasteiger partial charge in [-0.3, -0.25) is 4.98 Å². The number of hydrogen-bond donors (Lipinski definition) is 0. The smallest absolute Gasteiger partial charge is 0.118 e. The molecular weight excluding hydrogens is 210 g/mol. The average molecular weight is 229 g/mol. The van der Waals surface area contributed by atoms with Gasteiger partial charge in [0.1, 0.15) is 5.75 Å². The zero-order chi connectivity index (χ0) is 12.7. The van der Waals surface area contributed by atoms with Crippen LogP contribution >= 0.6 is 0 Å². The SMILES string of the molecule is CC.COc1ccc(-c2ccc(C)cn2)cc1. The lowest BCUT2D eigenvalue weighted by Gasteiger charge is -2.03. The van der Waals surface area contributed by atoms with E-state index in [1.807, 2.05) is 57.3 Å². The van der Waals surface area contributed by atoms with Crippen molar-refractivity contribution in [2.24, 2.45) is 0 Å². The highest BCUT2D eigenvalue weighted by Crippen LogP contribution is 2.20. The second kappa shape index (κ2) is 6.69. The Morgan fingerprint density at radius 2 is 1.59 bits per heavy atom. The summed E-state index contributed by atoms with van der Waals surface area (Å²) >= 11 is 0. The first-order valence-corrected chi connectivity index (χ1v) is 5.86. The topological polar surface area (TPSA) is 22.1 Å². The Morgan fingerprint density at radius 1 is 0.941 bits per heavy atom. The van der Waals surface area contributed by atoms with Crippen LogP contribution in [0.4, 0.5) is 0 Å². The van der Waals surface area contributed by atoms with Gasteiger partial charge < -0.3 is 4.74 Å². The van der Waals surface area contributed by atoms with E-state index in [1.54, 1.807) is 7.11 Å². The third-order valence-electron chi connectivity index (χ3n) is 2.30. The van der Waals surface area contributed by atoms with Crippen molar-refractivity contribution in [3.8, 4) is 17.0 Å². The highest BCUT2D eigenvalue weighted by atomic mass is 16.5. The van der Waals surface area contributed by atoms with E-state index in [1.165, 1.54) is 5.56 Å². The molecule has 17 heavy (non-hydrogen) atoms. The standard InChI is InChI=1S/C13H13NO.C2H6/c1-10-3-8-13(14-9-10)11-4-6-12(15-2)7-5-11;1-2/h3-9H,1-2H3;1-2H3. The van der Waals surface area contributed by atoms with Gasteiger partial charge in [0.15, 0.2) is 0 Å². The van der Waals surface area contributed by atoms with Crippen LogP contribution in [0.3, 0.4) is 0 Å². The lowest BCUT2D eigenvalue weighted by Crippen LogP contribution is -1.85. The Balaban J connectivity index is 0.000000686. The number of pyridine rings is 1. The normalized spacial score (nSPS) is 9.18. The molecule has 0 bridgehead atoms. The van der Waals surface area contributed by atoms with Crippen LogP contribution in [0.1, 0.15) is 19.4 Å². The Bertz CT molecular complexity index is 431. The maximum Gasteiger partial charge on any atom is 0.118 e. The fourth-order valence-corrected chi connectivity index (χ4v) is 1.40. The molecule has 0 aliphatic rings. The van der Waals surface area contributed by atoms with Crippen LogP contribution < -0.4 is 4.74 Å². The number of ether oxygens (including phenoxy) is 1. The van der Waals surface area contributed by atoms with Crippen LogP contribution in [0, 0.1) is 6.92 Å². The molecule has 0 unspecified atom stereocenters. The maximum atomic E-state index is 5.10. The van der Waals surface area contributed by atoms with Gasteiger partial charge in [0.25, 0.3) is 0 Å². The summed E-state index contributed by atoms with van der Waals surface area (Å²) < 4.78 is 5.10. The number of methoxy groups -OCH3 is 1. The first-order chi connectivity index (χ1) is 8.29. The Labute approximate surface area is 103 Å². The average Bonchev–Trinajstić information content (AvgIpc) is 2.42. The van der Waals surface area contributed by atoms with Crippen molar-refractivity contribution in [1.29, 1.82) is 0 Å². The van der Waals surface area contributed by atoms with E-state index in [-0.39, 0.29) is 0 Å². The van der Waals surface area contributed by atoms with Crippen LogP contribution in [-0.4, -0.2) is 12.1 Å². The molecule has 0 radical (unpaired) electrons. The number of hydrogen-bond acceptors (Lipinski definition) is 2. The minimum atomic E-state index is 0.867. The molecule has 2 nitrogen and oxygen atoms in total. The van der Waals surface area contributed by atoms with Crippen LogP contribution in [-0.2, 0) is 0 Å². The molecule has 2 aromatic rings. The van der Waals surface area contributed by atoms with Crippen LogP contribution in [0.25, 0.3) is 11.3 Å². The number of benzene rings is 1. The fourth-order valence-electron chi connectivity index (χ4n) is 1.40. The van der Waals surface area contributed by atoms with Gasteiger partial charge >= 0.3 is 0 Å². The third-order valence-corrected chi connectivity index (χ3v) is 2.30. The van der Waals surface area contributed by atoms with E-state index in [9.17, 15) is 0 Å². The van der Waals surface area contributed by atoms with Gasteiger partial charge in [0, 0.05) is 11.8 Å². The molecule has 0 fully saturated rings. The molecule has 0 aliphatic heterocycles. The predicted octanol–water partition coefficient (Wildman–Crippen LogP) is 4.09. The Kier molecular flexibility index (Phi) is 5.21. The van der Waals surface area contributed by atoms with Crippen molar-refractivity contribution in [3.63, 3.8) is 0 Å². The van der Waals surface area contributed by atoms with E-state index in [0.717, 1.165) is 17.0 Å². The molecule has 0 saturated heterocycles. The highest BCUT2D eigenvalue weighted by molar-refractivity contribution is 5.59. The second-order valence-corrected chi connectivity index (χ2v) is 3.45. The molecule has 2 rings (SSSR count). The third kappa shape index (κ3) is 3.59. The van der Waals surface area contributed by atoms with Crippen molar-refractivity contribution in [1.82, 2.24) is 4.98 Å². The van der Waals surface area contributed by atoms with Crippen molar-refractivity contribution < 1.29 is 4.74 Å². The molecule has 1 aromatic heterocycles. The molecule has 0 spiro atoms. The molecule has 2 heteroatoms. The summed E-state index contributed by atoms with van der Waals surface area (Å²) in [4.78, 5) is 4.36. The minimum Gasteiger partial charge on any atom is -0.497 e. The van der Waals surface area contributed by atoms with E-state index < -0.39 is 0 Å². The Morgan fingerprint density at radius 3 is 2.06 bits per heavy atom. The molecule has 1 heterocycles. The van der Waals surface area contributed by atoms with E-state index in [0.29, 0.717) is 0 Å². The van der Waals surface area contributed by atoms with Crippen LogP contribution in [0.5, 0.6) is 5.75 Å². The first-order valence-electron chi connectivity index (χ1n) is 5.86. The van der Waals surface area contributed by atoms with Gasteiger partial charge in [0.05, 0.1) is 12.8 Å². The molecule has 0 amide bonds. The molecule has 0 atom stereocenters. The summed E-state index contributed by atoms with van der Waals surface area (Å²) in [7, 11) is 1.67. The lowest BCUT2D eigenvalue weighted by molar-refractivity contribution is 0.415. The number of nitrogens with zero attached hydrogens (tertiary/aromatic N) is 1. The van der Waals surface area contributed by atoms with Crippen molar-refractivity contribution in [2.45, 2.75) is 20.8 Å². The molecule has 0 aliphatic carbocycles. The van der Waals surface area contributed by atoms with Crippen LogP contribution in [0.15, 0.2) is 42.6 Å². The zero-order valence-electron chi connectivity index (χ0n) is 10.9. The number of rotatable bonds is 2. The molecule has 0 saturated carbocycles. The fraction of sp³-hybridized carbons (Fsp3) is 0.267. The molecule has 0 N–H and O–H groups in total. The van der Waals surface area contributed by atoms with Gasteiger partial charge in [-0.1, -0.05) is 19.9 Å². The summed E-state index contributed by atoms with van der Waals surface area (Å²) in [6.45, 7) is 6.03. The maximum absolute atomic E-state index is 5.10. The second-order valence-electron chi connectivity index (χ2n) is 3.45. The molecule has 90 valence electrons. The Hall–Kier alpha value is -1.83. The monoisotopic (exact) mass is 229 g/mol. The minimum absolute atomic E-state index is 0.867. The quantitative estimate of drug-likeness (QED) is 0.773. The molecular formula is C15H19NO. The zero-order valence-corrected chi connectivity index (χ0v) is 10.9. The predicted molar refractivity (Wildman–Crippen MR) is 72.3 cm³/mol. The van der Waals surface area contributed by atoms with E-state index >= 15 is 0 Å². The van der Waals surface area contributed by atoms with Gasteiger partial charge in [0.2, 0.25) is 0 Å². The molecule has 1 aromatic carbocycles.